The van der Waals surface area contributed by atoms with Crippen molar-refractivity contribution < 1.29 is 0 Å². The molecule has 0 aromatic carbocycles. The Balaban J connectivity index is 0.00000232. The zero-order valence-electron chi connectivity index (χ0n) is 16.5. The molecule has 0 bridgehead atoms. The zero-order valence-corrected chi connectivity index (χ0v) is 16.5. The third-order valence-corrected chi connectivity index (χ3v) is 4.66. The molecule has 1 aliphatic heterocycles. The minimum absolute atomic E-state index is 0.661. The van der Waals surface area contributed by atoms with E-state index in [0.29, 0.717) is 5.92 Å². The predicted molar refractivity (Wildman–Crippen MR) is 107 cm³/mol. The van der Waals surface area contributed by atoms with E-state index in [2.05, 4.69) is 50.5 Å². The Morgan fingerprint density at radius 2 is 1.74 bits per heavy atom. The van der Waals surface area contributed by atoms with Gasteiger partial charge in [0.05, 0.1) is 0 Å². The molecular weight excluding hydrogens is 278 g/mol. The molecule has 0 aromatic rings. The normalized spacial score (nSPS) is 17.7. The highest BCUT2D eigenvalue weighted by Gasteiger charge is 2.11. The van der Waals surface area contributed by atoms with Crippen LogP contribution in [0.3, 0.4) is 0 Å². The molecule has 1 unspecified atom stereocenters. The van der Waals surface area contributed by atoms with Gasteiger partial charge in [0.2, 0.25) is 0 Å². The van der Waals surface area contributed by atoms with Crippen molar-refractivity contribution in [2.45, 2.75) is 79.6 Å². The number of likely N-dealkylation sites (tertiary alicyclic amines) is 1. The van der Waals surface area contributed by atoms with E-state index in [1.165, 1.54) is 69.2 Å². The van der Waals surface area contributed by atoms with Gasteiger partial charge in [-0.05, 0) is 57.2 Å². The number of allylic oxidation sites excluding steroid dienone is 3. The fraction of sp³-hybridized carbons (Fsp3) is 0.727. The number of piperidine rings is 1. The molecule has 1 fully saturated rings. The van der Waals surface area contributed by atoms with Gasteiger partial charge in [0.15, 0.2) is 0 Å². The summed E-state index contributed by atoms with van der Waals surface area (Å²) >= 11 is 0. The van der Waals surface area contributed by atoms with E-state index >= 15 is 0 Å². The minimum atomic E-state index is 0.661. The highest BCUT2D eigenvalue weighted by Crippen LogP contribution is 2.22. The van der Waals surface area contributed by atoms with Crippen LogP contribution in [0.5, 0.6) is 0 Å². The Morgan fingerprint density at radius 1 is 1.09 bits per heavy atom. The lowest BCUT2D eigenvalue weighted by molar-refractivity contribution is 0.248. The van der Waals surface area contributed by atoms with E-state index in [-0.39, 0.29) is 0 Å². The molecular formula is C22H41N. The third kappa shape index (κ3) is 9.81. The third-order valence-electron chi connectivity index (χ3n) is 4.66. The van der Waals surface area contributed by atoms with Crippen molar-refractivity contribution in [2.75, 3.05) is 19.6 Å². The first kappa shape index (κ1) is 22.2. The van der Waals surface area contributed by atoms with E-state index in [9.17, 15) is 0 Å². The molecule has 1 atom stereocenters. The van der Waals surface area contributed by atoms with Crippen LogP contribution in [-0.4, -0.2) is 24.5 Å². The van der Waals surface area contributed by atoms with Crippen LogP contribution >= 0.6 is 0 Å². The molecule has 0 N–H and O–H groups in total. The number of rotatable bonds is 9. The Labute approximate surface area is 146 Å². The lowest BCUT2D eigenvalue weighted by Crippen LogP contribution is -2.31. The first-order valence-electron chi connectivity index (χ1n) is 9.95. The summed E-state index contributed by atoms with van der Waals surface area (Å²) in [5.41, 5.74) is 2.74. The Hall–Kier alpha value is -0.820. The van der Waals surface area contributed by atoms with Gasteiger partial charge in [-0.2, -0.15) is 0 Å². The zero-order chi connectivity index (χ0) is 17.5. The lowest BCUT2D eigenvalue weighted by atomic mass is 9.91. The first-order chi connectivity index (χ1) is 11.2. The van der Waals surface area contributed by atoms with Crippen molar-refractivity contribution in [1.82, 2.24) is 4.90 Å². The number of unbranched alkanes of at least 4 members (excludes halogenated alkanes) is 1. The Kier molecular flexibility index (Phi) is 14.2. The van der Waals surface area contributed by atoms with Crippen LogP contribution in [0, 0.1) is 5.92 Å². The molecule has 0 aromatic heterocycles. The summed E-state index contributed by atoms with van der Waals surface area (Å²) in [4.78, 5) is 2.58. The monoisotopic (exact) mass is 319 g/mol. The SMILES string of the molecule is C=C(/C=C\C(=C/C)CN1CCCCC1)C(CC)CCCC.CC. The summed E-state index contributed by atoms with van der Waals surface area (Å²) in [5.74, 6) is 0.661. The maximum atomic E-state index is 4.30. The second kappa shape index (κ2) is 14.8. The van der Waals surface area contributed by atoms with Gasteiger partial charge in [-0.1, -0.05) is 77.3 Å². The molecule has 23 heavy (non-hydrogen) atoms. The quantitative estimate of drug-likeness (QED) is 0.424. The van der Waals surface area contributed by atoms with E-state index in [0.717, 1.165) is 6.54 Å². The van der Waals surface area contributed by atoms with Gasteiger partial charge >= 0.3 is 0 Å². The first-order valence-corrected chi connectivity index (χ1v) is 9.95. The fourth-order valence-corrected chi connectivity index (χ4v) is 3.07. The summed E-state index contributed by atoms with van der Waals surface area (Å²) < 4.78 is 0. The summed E-state index contributed by atoms with van der Waals surface area (Å²) in [7, 11) is 0. The van der Waals surface area contributed by atoms with Gasteiger partial charge in [0, 0.05) is 6.54 Å². The highest BCUT2D eigenvalue weighted by molar-refractivity contribution is 5.28. The molecule has 1 heterocycles. The topological polar surface area (TPSA) is 3.24 Å². The molecule has 1 rings (SSSR count). The maximum Gasteiger partial charge on any atom is 0.0230 e. The summed E-state index contributed by atoms with van der Waals surface area (Å²) in [6.45, 7) is 18.6. The van der Waals surface area contributed by atoms with Gasteiger partial charge < -0.3 is 0 Å². The molecule has 1 heteroatoms. The molecule has 0 aliphatic carbocycles. The van der Waals surface area contributed by atoms with Crippen LogP contribution in [0.25, 0.3) is 0 Å². The van der Waals surface area contributed by atoms with Gasteiger partial charge in [-0.25, -0.2) is 0 Å². The van der Waals surface area contributed by atoms with Crippen molar-refractivity contribution in [3.8, 4) is 0 Å². The molecule has 1 aliphatic rings. The van der Waals surface area contributed by atoms with Crippen LogP contribution in [0.4, 0.5) is 0 Å². The second-order valence-corrected chi connectivity index (χ2v) is 6.36. The van der Waals surface area contributed by atoms with Gasteiger partial charge in [-0.3, -0.25) is 4.90 Å². The van der Waals surface area contributed by atoms with Gasteiger partial charge in [-0.15, -0.1) is 0 Å². The Bertz CT molecular complexity index is 345. The van der Waals surface area contributed by atoms with Crippen LogP contribution in [0.15, 0.2) is 36.0 Å². The number of hydrogen-bond donors (Lipinski definition) is 0. The van der Waals surface area contributed by atoms with Crippen molar-refractivity contribution >= 4 is 0 Å². The van der Waals surface area contributed by atoms with Crippen molar-refractivity contribution in [3.63, 3.8) is 0 Å². The molecule has 0 amide bonds. The number of hydrogen-bond acceptors (Lipinski definition) is 1. The highest BCUT2D eigenvalue weighted by atomic mass is 15.1. The maximum absolute atomic E-state index is 4.30. The summed E-state index contributed by atoms with van der Waals surface area (Å²) in [6.07, 6.45) is 16.0. The van der Waals surface area contributed by atoms with Crippen LogP contribution in [0.2, 0.25) is 0 Å². The van der Waals surface area contributed by atoms with E-state index in [1.807, 2.05) is 13.8 Å². The van der Waals surface area contributed by atoms with Crippen LogP contribution in [-0.2, 0) is 0 Å². The van der Waals surface area contributed by atoms with Gasteiger partial charge in [0.25, 0.3) is 0 Å². The summed E-state index contributed by atoms with van der Waals surface area (Å²) in [5, 5.41) is 0. The van der Waals surface area contributed by atoms with Crippen molar-refractivity contribution in [1.29, 1.82) is 0 Å². The van der Waals surface area contributed by atoms with E-state index < -0.39 is 0 Å². The van der Waals surface area contributed by atoms with Crippen LogP contribution in [0.1, 0.15) is 79.6 Å². The Morgan fingerprint density at radius 3 is 2.26 bits per heavy atom. The predicted octanol–water partition coefficient (Wildman–Crippen LogP) is 6.77. The second-order valence-electron chi connectivity index (χ2n) is 6.36. The van der Waals surface area contributed by atoms with Gasteiger partial charge in [0.1, 0.15) is 0 Å². The average Bonchev–Trinajstić information content (AvgIpc) is 2.61. The average molecular weight is 320 g/mol. The fourth-order valence-electron chi connectivity index (χ4n) is 3.07. The molecule has 1 saturated heterocycles. The standard InChI is InChI=1S/C20H35N.C2H6/c1-5-8-12-20(7-3)18(4)13-14-19(6-2)17-21-15-10-9-11-16-21;1-2/h6,13-14,20H,4-5,7-12,15-17H2,1-3H3;1-2H3/b14-13-,19-6+;. The number of nitrogens with zero attached hydrogens (tertiary/aromatic N) is 1. The van der Waals surface area contributed by atoms with E-state index in [4.69, 9.17) is 0 Å². The molecule has 0 saturated carbocycles. The molecule has 0 spiro atoms. The smallest absolute Gasteiger partial charge is 0.0230 e. The van der Waals surface area contributed by atoms with Crippen molar-refractivity contribution in [2.24, 2.45) is 5.92 Å². The summed E-state index contributed by atoms with van der Waals surface area (Å²) in [6, 6.07) is 0. The van der Waals surface area contributed by atoms with Crippen molar-refractivity contribution in [3.05, 3.63) is 36.0 Å². The minimum Gasteiger partial charge on any atom is -0.299 e. The lowest BCUT2D eigenvalue weighted by Gasteiger charge is -2.26. The molecule has 0 radical (unpaired) electrons. The van der Waals surface area contributed by atoms with Crippen LogP contribution < -0.4 is 0 Å². The molecule has 134 valence electrons. The molecule has 1 nitrogen and oxygen atoms in total. The largest absolute Gasteiger partial charge is 0.299 e. The van der Waals surface area contributed by atoms with E-state index in [1.54, 1.807) is 0 Å².